The average molecular weight is 1130 g/mol. The molecule has 0 aromatic heterocycles. The molecule has 0 aromatic carbocycles. The van der Waals surface area contributed by atoms with Crippen molar-refractivity contribution in [1.29, 1.82) is 0 Å². The summed E-state index contributed by atoms with van der Waals surface area (Å²) < 4.78 is 0. The van der Waals surface area contributed by atoms with Crippen LogP contribution in [0, 0.1) is 0 Å². The lowest BCUT2D eigenvalue weighted by molar-refractivity contribution is -0.132. The van der Waals surface area contributed by atoms with Gasteiger partial charge in [0, 0.05) is 0 Å². The van der Waals surface area contributed by atoms with Gasteiger partial charge < -0.3 is 25.7 Å². The third-order valence-electron chi connectivity index (χ3n) is 18.3. The normalized spacial score (nSPS) is 13.3. The largest absolute Gasteiger partial charge is 0.394 e. The Balaban J connectivity index is 3.48. The molecule has 4 atom stereocenters. The van der Waals surface area contributed by atoms with Crippen molar-refractivity contribution in [2.45, 2.75) is 462 Å². The van der Waals surface area contributed by atoms with Crippen LogP contribution in [0.25, 0.3) is 0 Å². The third kappa shape index (κ3) is 61.9. The van der Waals surface area contributed by atoms with Crippen LogP contribution in [0.5, 0.6) is 0 Å². The van der Waals surface area contributed by atoms with Crippen LogP contribution in [0.1, 0.15) is 438 Å². The van der Waals surface area contributed by atoms with E-state index in [0.717, 1.165) is 38.5 Å². The van der Waals surface area contributed by atoms with Crippen LogP contribution < -0.4 is 5.32 Å². The zero-order valence-electron chi connectivity index (χ0n) is 54.9. The molecule has 0 saturated carbocycles. The van der Waals surface area contributed by atoms with Gasteiger partial charge in [0.05, 0.1) is 18.8 Å². The summed E-state index contributed by atoms with van der Waals surface area (Å²) >= 11 is 0. The molecule has 6 nitrogen and oxygen atoms in total. The Morgan fingerprint density at radius 2 is 0.425 bits per heavy atom. The van der Waals surface area contributed by atoms with E-state index in [4.69, 9.17) is 0 Å². The van der Waals surface area contributed by atoms with Crippen LogP contribution in [0.4, 0.5) is 0 Å². The molecule has 0 spiro atoms. The summed E-state index contributed by atoms with van der Waals surface area (Å²) in [6.45, 7) is 4.13. The molecule has 80 heavy (non-hydrogen) atoms. The second-order valence-corrected chi connectivity index (χ2v) is 26.4. The predicted molar refractivity (Wildman–Crippen MR) is 353 cm³/mol. The lowest BCUT2D eigenvalue weighted by Crippen LogP contribution is -2.53. The highest BCUT2D eigenvalue weighted by atomic mass is 16.3. The molecule has 0 aliphatic heterocycles. The number of amides is 1. The standard InChI is InChI=1S/C74H149NO5/c1-3-5-7-9-11-13-15-17-19-21-23-25-27-29-31-33-35-37-39-41-43-45-47-49-51-53-55-57-59-61-63-65-67-71(77)73(79)70(69-76)75-74(80)72(78)68-66-64-62-60-58-56-54-52-50-48-46-44-42-40-38-36-34-32-30-28-26-24-22-20-18-16-14-12-10-8-6-4-2/h70-73,76-79H,3-69H2,1-2H3,(H,75,80). The van der Waals surface area contributed by atoms with E-state index in [-0.39, 0.29) is 0 Å². The van der Waals surface area contributed by atoms with Crippen LogP contribution >= 0.6 is 0 Å². The number of hydrogen-bond donors (Lipinski definition) is 5. The molecule has 5 N–H and O–H groups in total. The Hall–Kier alpha value is -0.690. The number of carbonyl (C=O) groups is 1. The quantitative estimate of drug-likeness (QED) is 0.0390. The minimum atomic E-state index is -1.26. The highest BCUT2D eigenvalue weighted by Crippen LogP contribution is 2.21. The van der Waals surface area contributed by atoms with Gasteiger partial charge in [-0.1, -0.05) is 425 Å². The summed E-state index contributed by atoms with van der Waals surface area (Å²) in [6.07, 6.45) is 85.4. The molecule has 0 bridgehead atoms. The highest BCUT2D eigenvalue weighted by molar-refractivity contribution is 5.80. The molecule has 0 heterocycles. The Morgan fingerprint density at radius 3 is 0.600 bits per heavy atom. The number of aliphatic hydroxyl groups excluding tert-OH is 4. The van der Waals surface area contributed by atoms with Gasteiger partial charge in [-0.2, -0.15) is 0 Å². The monoisotopic (exact) mass is 1130 g/mol. The maximum Gasteiger partial charge on any atom is 0.249 e. The van der Waals surface area contributed by atoms with Crippen molar-refractivity contribution in [3.63, 3.8) is 0 Å². The molecule has 0 aliphatic rings. The molecule has 0 aromatic rings. The van der Waals surface area contributed by atoms with Gasteiger partial charge in [-0.25, -0.2) is 0 Å². The van der Waals surface area contributed by atoms with Crippen LogP contribution in [-0.2, 0) is 4.79 Å². The molecule has 0 rings (SSSR count). The van der Waals surface area contributed by atoms with E-state index in [0.29, 0.717) is 12.8 Å². The first-order valence-corrected chi connectivity index (χ1v) is 37.4. The third-order valence-corrected chi connectivity index (χ3v) is 18.3. The molecule has 0 radical (unpaired) electrons. The topological polar surface area (TPSA) is 110 Å². The second-order valence-electron chi connectivity index (χ2n) is 26.4. The summed E-state index contributed by atoms with van der Waals surface area (Å²) in [4.78, 5) is 12.7. The van der Waals surface area contributed by atoms with Crippen molar-refractivity contribution in [2.24, 2.45) is 0 Å². The number of carbonyl (C=O) groups excluding carboxylic acids is 1. The van der Waals surface area contributed by atoms with Gasteiger partial charge >= 0.3 is 0 Å². The lowest BCUT2D eigenvalue weighted by Gasteiger charge is -2.27. The number of nitrogens with one attached hydrogen (secondary N) is 1. The average Bonchev–Trinajstić information content (AvgIpc) is 3.46. The fraction of sp³-hybridized carbons (Fsp3) is 0.986. The molecular weight excluding hydrogens is 983 g/mol. The Bertz CT molecular complexity index is 1140. The number of unbranched alkanes of at least 4 members (excludes halogenated alkanes) is 62. The Kier molecular flexibility index (Phi) is 68.5. The minimum Gasteiger partial charge on any atom is -0.394 e. The summed E-state index contributed by atoms with van der Waals surface area (Å²) in [7, 11) is 0. The van der Waals surface area contributed by atoms with E-state index in [1.54, 1.807) is 0 Å². The molecular formula is C74H149NO5. The van der Waals surface area contributed by atoms with Crippen molar-refractivity contribution < 1.29 is 25.2 Å². The van der Waals surface area contributed by atoms with Crippen molar-refractivity contribution in [2.75, 3.05) is 6.61 Å². The zero-order valence-corrected chi connectivity index (χ0v) is 54.9. The first-order chi connectivity index (χ1) is 39.5. The van der Waals surface area contributed by atoms with E-state index in [1.165, 1.54) is 372 Å². The number of aliphatic hydroxyl groups is 4. The van der Waals surface area contributed by atoms with Gasteiger partial charge in [-0.15, -0.1) is 0 Å². The molecule has 0 aliphatic carbocycles. The first kappa shape index (κ1) is 79.3. The lowest BCUT2D eigenvalue weighted by atomic mass is 9.99. The van der Waals surface area contributed by atoms with Crippen molar-refractivity contribution in [1.82, 2.24) is 5.32 Å². The molecule has 480 valence electrons. The van der Waals surface area contributed by atoms with E-state index >= 15 is 0 Å². The van der Waals surface area contributed by atoms with Crippen molar-refractivity contribution in [3.05, 3.63) is 0 Å². The van der Waals surface area contributed by atoms with Crippen LogP contribution in [0.3, 0.4) is 0 Å². The van der Waals surface area contributed by atoms with Gasteiger partial charge in [-0.3, -0.25) is 4.79 Å². The van der Waals surface area contributed by atoms with Gasteiger partial charge in [0.1, 0.15) is 12.2 Å². The molecule has 0 saturated heterocycles. The smallest absolute Gasteiger partial charge is 0.249 e. The van der Waals surface area contributed by atoms with Crippen LogP contribution in [0.2, 0.25) is 0 Å². The van der Waals surface area contributed by atoms with Gasteiger partial charge in [0.25, 0.3) is 0 Å². The molecule has 1 amide bonds. The highest BCUT2D eigenvalue weighted by Gasteiger charge is 2.29. The van der Waals surface area contributed by atoms with Crippen molar-refractivity contribution >= 4 is 5.91 Å². The van der Waals surface area contributed by atoms with Crippen LogP contribution in [0.15, 0.2) is 0 Å². The van der Waals surface area contributed by atoms with Crippen molar-refractivity contribution in [3.8, 4) is 0 Å². The van der Waals surface area contributed by atoms with E-state index in [2.05, 4.69) is 19.2 Å². The number of hydrogen-bond acceptors (Lipinski definition) is 5. The van der Waals surface area contributed by atoms with E-state index in [9.17, 15) is 25.2 Å². The maximum atomic E-state index is 12.7. The fourth-order valence-electron chi connectivity index (χ4n) is 12.5. The SMILES string of the molecule is CCCCCCCCCCCCCCCCCCCCCCCCCCCCCCCCCCC(O)C(=O)NC(CO)C(O)C(O)CCCCCCCCCCCCCCCCCCCCCCCCCCCCCCCCCC. The predicted octanol–water partition coefficient (Wildman–Crippen LogP) is 23.3. The van der Waals surface area contributed by atoms with Gasteiger partial charge in [0.15, 0.2) is 0 Å². The summed E-state index contributed by atoms with van der Waals surface area (Å²) in [5.74, 6) is -0.572. The molecule has 4 unspecified atom stereocenters. The number of rotatable bonds is 71. The van der Waals surface area contributed by atoms with E-state index in [1.807, 2.05) is 0 Å². The molecule has 0 fully saturated rings. The second kappa shape index (κ2) is 69.1. The Labute approximate surface area is 502 Å². The Morgan fingerprint density at radius 1 is 0.263 bits per heavy atom. The first-order valence-electron chi connectivity index (χ1n) is 37.4. The van der Waals surface area contributed by atoms with Gasteiger partial charge in [0.2, 0.25) is 5.91 Å². The van der Waals surface area contributed by atoms with Gasteiger partial charge in [-0.05, 0) is 12.8 Å². The minimum absolute atomic E-state index is 0.377. The summed E-state index contributed by atoms with van der Waals surface area (Å²) in [6, 6.07) is -0.983. The summed E-state index contributed by atoms with van der Waals surface area (Å²) in [5.41, 5.74) is 0. The maximum absolute atomic E-state index is 12.7. The van der Waals surface area contributed by atoms with E-state index < -0.39 is 36.9 Å². The zero-order chi connectivity index (χ0) is 58.0. The molecule has 6 heteroatoms. The summed E-state index contributed by atoms with van der Waals surface area (Å²) in [5, 5.41) is 44.3. The fourth-order valence-corrected chi connectivity index (χ4v) is 12.5. The van der Waals surface area contributed by atoms with Crippen LogP contribution in [-0.4, -0.2) is 57.3 Å².